The van der Waals surface area contributed by atoms with Crippen LogP contribution in [0.3, 0.4) is 0 Å². The molecule has 9 nitrogen and oxygen atoms in total. The number of halogens is 1. The van der Waals surface area contributed by atoms with E-state index in [0.717, 1.165) is 42.6 Å². The van der Waals surface area contributed by atoms with Gasteiger partial charge in [0.25, 0.3) is 5.91 Å². The number of nitrogens with one attached hydrogen (secondary N) is 1. The SMILES string of the molecule is CNC(=O)c1cc(CN(CCC2CC3CN(c4ccc(Br)cn4)CC3C2)C(=O)O)on1. The molecule has 2 unspecified atom stereocenters. The molecule has 1 saturated heterocycles. The summed E-state index contributed by atoms with van der Waals surface area (Å²) in [6, 6.07) is 5.55. The van der Waals surface area contributed by atoms with E-state index < -0.39 is 6.09 Å². The Bertz CT molecular complexity index is 920. The summed E-state index contributed by atoms with van der Waals surface area (Å²) in [5.41, 5.74) is 0.149. The van der Waals surface area contributed by atoms with Crippen molar-refractivity contribution in [2.75, 3.05) is 31.6 Å². The normalized spacial score (nSPS) is 22.4. The molecule has 2 fully saturated rings. The molecular formula is C21H26BrN5O4. The lowest BCUT2D eigenvalue weighted by Crippen LogP contribution is -2.31. The number of carbonyl (C=O) groups excluding carboxylic acids is 1. The number of nitrogens with zero attached hydrogens (tertiary/aromatic N) is 4. The van der Waals surface area contributed by atoms with Crippen molar-refractivity contribution < 1.29 is 19.2 Å². The number of amides is 2. The van der Waals surface area contributed by atoms with Gasteiger partial charge in [-0.05, 0) is 65.1 Å². The molecule has 2 aliphatic rings. The minimum atomic E-state index is -0.997. The van der Waals surface area contributed by atoms with E-state index in [2.05, 4.69) is 36.3 Å². The highest BCUT2D eigenvalue weighted by molar-refractivity contribution is 9.10. The molecule has 166 valence electrons. The molecule has 2 aromatic heterocycles. The van der Waals surface area contributed by atoms with Crippen molar-refractivity contribution in [2.24, 2.45) is 17.8 Å². The molecule has 10 heteroatoms. The molecule has 2 atom stereocenters. The van der Waals surface area contributed by atoms with E-state index in [-0.39, 0.29) is 18.1 Å². The van der Waals surface area contributed by atoms with Gasteiger partial charge in [-0.2, -0.15) is 0 Å². The van der Waals surface area contributed by atoms with Crippen LogP contribution in [-0.2, 0) is 6.54 Å². The Morgan fingerprint density at radius 1 is 1.32 bits per heavy atom. The maximum atomic E-state index is 11.7. The van der Waals surface area contributed by atoms with Crippen molar-refractivity contribution >= 4 is 33.7 Å². The fourth-order valence-electron chi connectivity index (χ4n) is 4.79. The summed E-state index contributed by atoms with van der Waals surface area (Å²) < 4.78 is 6.11. The van der Waals surface area contributed by atoms with E-state index in [4.69, 9.17) is 4.52 Å². The third kappa shape index (κ3) is 5.00. The van der Waals surface area contributed by atoms with Crippen LogP contribution in [0.2, 0.25) is 0 Å². The summed E-state index contributed by atoms with van der Waals surface area (Å²) in [4.78, 5) is 31.5. The first-order chi connectivity index (χ1) is 14.9. The lowest BCUT2D eigenvalue weighted by atomic mass is 10.0. The number of fused-ring (bicyclic) bond motifs is 1. The molecule has 1 saturated carbocycles. The van der Waals surface area contributed by atoms with Gasteiger partial charge in [-0.15, -0.1) is 0 Å². The second-order valence-electron chi connectivity index (χ2n) is 8.35. The summed E-state index contributed by atoms with van der Waals surface area (Å²) >= 11 is 3.43. The van der Waals surface area contributed by atoms with Crippen molar-refractivity contribution in [1.29, 1.82) is 0 Å². The number of anilines is 1. The zero-order valence-corrected chi connectivity index (χ0v) is 18.9. The first kappa shape index (κ1) is 21.6. The van der Waals surface area contributed by atoms with E-state index in [9.17, 15) is 14.7 Å². The number of hydrogen-bond acceptors (Lipinski definition) is 6. The largest absolute Gasteiger partial charge is 0.465 e. The highest BCUT2D eigenvalue weighted by Gasteiger charge is 2.41. The lowest BCUT2D eigenvalue weighted by Gasteiger charge is -2.22. The molecule has 4 rings (SSSR count). The smallest absolute Gasteiger partial charge is 0.407 e. The summed E-state index contributed by atoms with van der Waals surface area (Å²) in [6.07, 6.45) is 3.90. The van der Waals surface area contributed by atoms with Crippen LogP contribution in [0, 0.1) is 17.8 Å². The molecule has 0 bridgehead atoms. The monoisotopic (exact) mass is 491 g/mol. The Labute approximate surface area is 188 Å². The average molecular weight is 492 g/mol. The molecule has 1 aliphatic carbocycles. The van der Waals surface area contributed by atoms with E-state index in [0.29, 0.717) is 30.1 Å². The van der Waals surface area contributed by atoms with Gasteiger partial charge in [-0.3, -0.25) is 4.79 Å². The van der Waals surface area contributed by atoms with Crippen LogP contribution in [0.15, 0.2) is 33.4 Å². The molecule has 0 spiro atoms. The van der Waals surface area contributed by atoms with Crippen LogP contribution in [0.1, 0.15) is 35.5 Å². The standard InChI is InChI=1S/C21H26BrN5O4/c1-23-20(28)18-8-17(31-25-18)12-26(21(29)30)5-4-13-6-14-10-27(11-15(14)7-13)19-3-2-16(22)9-24-19/h2-3,8-9,13-15H,4-7,10-12H2,1H3,(H,23,28)(H,29,30). The van der Waals surface area contributed by atoms with Gasteiger partial charge in [-0.25, -0.2) is 9.78 Å². The number of pyridine rings is 1. The third-order valence-corrected chi connectivity index (χ3v) is 6.80. The highest BCUT2D eigenvalue weighted by Crippen LogP contribution is 2.43. The Kier molecular flexibility index (Phi) is 6.45. The summed E-state index contributed by atoms with van der Waals surface area (Å²) in [7, 11) is 1.51. The van der Waals surface area contributed by atoms with E-state index >= 15 is 0 Å². The summed E-state index contributed by atoms with van der Waals surface area (Å²) in [5, 5.41) is 15.7. The minimum Gasteiger partial charge on any atom is -0.465 e. The second kappa shape index (κ2) is 9.25. The first-order valence-corrected chi connectivity index (χ1v) is 11.2. The van der Waals surface area contributed by atoms with E-state index in [1.54, 1.807) is 0 Å². The molecule has 2 amide bonds. The van der Waals surface area contributed by atoms with Gasteiger partial charge >= 0.3 is 6.09 Å². The van der Waals surface area contributed by atoms with Crippen molar-refractivity contribution in [2.45, 2.75) is 25.8 Å². The second-order valence-corrected chi connectivity index (χ2v) is 9.26. The Morgan fingerprint density at radius 3 is 2.68 bits per heavy atom. The van der Waals surface area contributed by atoms with Gasteiger partial charge in [0.05, 0.1) is 6.54 Å². The number of hydrogen-bond donors (Lipinski definition) is 2. The first-order valence-electron chi connectivity index (χ1n) is 10.4. The van der Waals surface area contributed by atoms with Crippen molar-refractivity contribution in [3.63, 3.8) is 0 Å². The van der Waals surface area contributed by atoms with Gasteiger partial charge in [-0.1, -0.05) is 5.16 Å². The van der Waals surface area contributed by atoms with Crippen LogP contribution >= 0.6 is 15.9 Å². The zero-order chi connectivity index (χ0) is 22.0. The van der Waals surface area contributed by atoms with Gasteiger partial charge in [0.15, 0.2) is 11.5 Å². The van der Waals surface area contributed by atoms with Gasteiger partial charge in [0.1, 0.15) is 5.82 Å². The number of carbonyl (C=O) groups is 2. The molecule has 1 aliphatic heterocycles. The van der Waals surface area contributed by atoms with E-state index in [1.165, 1.54) is 18.0 Å². The average Bonchev–Trinajstić information content (AvgIpc) is 3.45. The molecule has 2 aromatic rings. The molecular weight excluding hydrogens is 466 g/mol. The number of rotatable bonds is 7. The van der Waals surface area contributed by atoms with Crippen molar-refractivity contribution in [3.8, 4) is 0 Å². The Hall–Kier alpha value is -2.62. The van der Waals surface area contributed by atoms with Crippen molar-refractivity contribution in [1.82, 2.24) is 20.4 Å². The summed E-state index contributed by atoms with van der Waals surface area (Å²) in [5.74, 6) is 2.82. The molecule has 31 heavy (non-hydrogen) atoms. The molecule has 0 aromatic carbocycles. The third-order valence-electron chi connectivity index (χ3n) is 6.33. The lowest BCUT2D eigenvalue weighted by molar-refractivity contribution is 0.0953. The fourth-order valence-corrected chi connectivity index (χ4v) is 5.03. The quantitative estimate of drug-likeness (QED) is 0.611. The Balaban J connectivity index is 1.27. The van der Waals surface area contributed by atoms with Crippen LogP contribution in [0.4, 0.5) is 10.6 Å². The topological polar surface area (TPSA) is 112 Å². The van der Waals surface area contributed by atoms with Crippen LogP contribution < -0.4 is 10.2 Å². The van der Waals surface area contributed by atoms with Crippen molar-refractivity contribution in [3.05, 3.63) is 40.3 Å². The predicted molar refractivity (Wildman–Crippen MR) is 117 cm³/mol. The Morgan fingerprint density at radius 2 is 2.06 bits per heavy atom. The number of carboxylic acid groups (broad SMARTS) is 1. The van der Waals surface area contributed by atoms with Gasteiger partial charge < -0.3 is 24.7 Å². The fraction of sp³-hybridized carbons (Fsp3) is 0.524. The van der Waals surface area contributed by atoms with E-state index in [1.807, 2.05) is 18.3 Å². The number of aromatic nitrogens is 2. The van der Waals surface area contributed by atoms with Crippen LogP contribution in [-0.4, -0.2) is 58.8 Å². The zero-order valence-electron chi connectivity index (χ0n) is 17.3. The minimum absolute atomic E-state index is 0.0852. The molecule has 0 radical (unpaired) electrons. The highest BCUT2D eigenvalue weighted by atomic mass is 79.9. The maximum Gasteiger partial charge on any atom is 0.407 e. The maximum absolute atomic E-state index is 11.7. The van der Waals surface area contributed by atoms with Gasteiger partial charge in [0, 0.05) is 43.4 Å². The van der Waals surface area contributed by atoms with Crippen LogP contribution in [0.5, 0.6) is 0 Å². The molecule has 2 N–H and O–H groups in total. The predicted octanol–water partition coefficient (Wildman–Crippen LogP) is 3.22. The van der Waals surface area contributed by atoms with Gasteiger partial charge in [0.2, 0.25) is 0 Å². The van der Waals surface area contributed by atoms with Crippen LogP contribution in [0.25, 0.3) is 0 Å². The summed E-state index contributed by atoms with van der Waals surface area (Å²) in [6.45, 7) is 2.55. The molecule has 3 heterocycles.